The van der Waals surface area contributed by atoms with Crippen molar-refractivity contribution in [3.05, 3.63) is 23.3 Å². The zero-order valence-corrected chi connectivity index (χ0v) is 9.58. The van der Waals surface area contributed by atoms with Crippen LogP contribution in [0.15, 0.2) is 12.1 Å². The van der Waals surface area contributed by atoms with Crippen molar-refractivity contribution < 1.29 is 29.6 Å². The van der Waals surface area contributed by atoms with E-state index in [-0.39, 0.29) is 17.5 Å². The van der Waals surface area contributed by atoms with Crippen LogP contribution in [0.5, 0.6) is 11.5 Å². The first-order valence-electron chi connectivity index (χ1n) is 4.98. The van der Waals surface area contributed by atoms with Crippen molar-refractivity contribution in [2.75, 3.05) is 7.11 Å². The van der Waals surface area contributed by atoms with Crippen LogP contribution in [0, 0.1) is 0 Å². The highest BCUT2D eigenvalue weighted by Crippen LogP contribution is 2.29. The number of methoxy groups -OCH3 is 1. The molecule has 0 aliphatic rings. The fourth-order valence-electron chi connectivity index (χ4n) is 1.43. The van der Waals surface area contributed by atoms with E-state index in [2.05, 4.69) is 4.74 Å². The summed E-state index contributed by atoms with van der Waals surface area (Å²) in [7, 11) is 1.16. The number of aromatic hydroxyl groups is 2. The molecule has 0 amide bonds. The van der Waals surface area contributed by atoms with Crippen LogP contribution in [0.2, 0.25) is 0 Å². The van der Waals surface area contributed by atoms with E-state index in [0.29, 0.717) is 0 Å². The standard InChI is InChI=1S/C11H13NO6/c1-18-11(17)7(12)4-6-8(13)2-5(10(15)16)3-9(6)14/h2-3,7,13-14H,4,12H2,1H3,(H,15,16)/t7-/m0/s1. The van der Waals surface area contributed by atoms with Crippen molar-refractivity contribution >= 4 is 11.9 Å². The molecule has 7 heteroatoms. The number of esters is 1. The van der Waals surface area contributed by atoms with Gasteiger partial charge >= 0.3 is 11.9 Å². The molecule has 0 aromatic heterocycles. The van der Waals surface area contributed by atoms with Crippen molar-refractivity contribution in [3.63, 3.8) is 0 Å². The summed E-state index contributed by atoms with van der Waals surface area (Å²) < 4.78 is 4.40. The smallest absolute Gasteiger partial charge is 0.335 e. The van der Waals surface area contributed by atoms with Crippen LogP contribution >= 0.6 is 0 Å². The van der Waals surface area contributed by atoms with E-state index >= 15 is 0 Å². The zero-order valence-electron chi connectivity index (χ0n) is 9.58. The molecule has 1 atom stereocenters. The summed E-state index contributed by atoms with van der Waals surface area (Å²) in [5.41, 5.74) is 5.22. The van der Waals surface area contributed by atoms with Crippen molar-refractivity contribution in [2.24, 2.45) is 5.73 Å². The molecule has 0 spiro atoms. The molecule has 98 valence electrons. The highest BCUT2D eigenvalue weighted by Gasteiger charge is 2.20. The molecular formula is C11H13NO6. The third-order valence-electron chi connectivity index (χ3n) is 2.38. The molecule has 0 fully saturated rings. The largest absolute Gasteiger partial charge is 0.508 e. The number of hydrogen-bond acceptors (Lipinski definition) is 6. The Morgan fingerprint density at radius 2 is 1.83 bits per heavy atom. The average Bonchev–Trinajstić information content (AvgIpc) is 2.31. The van der Waals surface area contributed by atoms with Gasteiger partial charge in [0.25, 0.3) is 0 Å². The molecule has 0 aliphatic heterocycles. The molecule has 0 saturated carbocycles. The lowest BCUT2D eigenvalue weighted by Crippen LogP contribution is -2.33. The Balaban J connectivity index is 3.04. The molecule has 0 radical (unpaired) electrons. The minimum absolute atomic E-state index is 0.00194. The van der Waals surface area contributed by atoms with E-state index in [9.17, 15) is 19.8 Å². The number of rotatable bonds is 4. The van der Waals surface area contributed by atoms with Crippen LogP contribution in [-0.2, 0) is 16.0 Å². The molecule has 0 bridgehead atoms. The van der Waals surface area contributed by atoms with Crippen LogP contribution in [0.1, 0.15) is 15.9 Å². The van der Waals surface area contributed by atoms with E-state index in [1.54, 1.807) is 0 Å². The average molecular weight is 255 g/mol. The maximum absolute atomic E-state index is 11.1. The number of aromatic carboxylic acids is 1. The Morgan fingerprint density at radius 1 is 1.33 bits per heavy atom. The first-order valence-corrected chi connectivity index (χ1v) is 4.98. The third-order valence-corrected chi connectivity index (χ3v) is 2.38. The summed E-state index contributed by atoms with van der Waals surface area (Å²) in [4.78, 5) is 21.8. The predicted molar refractivity (Wildman–Crippen MR) is 60.4 cm³/mol. The molecule has 0 saturated heterocycles. The molecule has 0 unspecified atom stereocenters. The fourth-order valence-corrected chi connectivity index (χ4v) is 1.43. The molecule has 1 rings (SSSR count). The normalized spacial score (nSPS) is 11.9. The van der Waals surface area contributed by atoms with Crippen molar-refractivity contribution in [1.82, 2.24) is 0 Å². The maximum Gasteiger partial charge on any atom is 0.335 e. The molecule has 1 aromatic carbocycles. The summed E-state index contributed by atoms with van der Waals surface area (Å²) in [6.45, 7) is 0. The number of benzene rings is 1. The highest BCUT2D eigenvalue weighted by atomic mass is 16.5. The van der Waals surface area contributed by atoms with Gasteiger partial charge in [0.2, 0.25) is 0 Å². The number of ether oxygens (including phenoxy) is 1. The Bertz CT molecular complexity index is 461. The molecule has 5 N–H and O–H groups in total. The molecule has 1 aromatic rings. The third kappa shape index (κ3) is 2.89. The number of hydrogen-bond donors (Lipinski definition) is 4. The quantitative estimate of drug-likeness (QED) is 0.550. The van der Waals surface area contributed by atoms with Crippen LogP contribution in [0.3, 0.4) is 0 Å². The predicted octanol–water partition coefficient (Wildman–Crippen LogP) is -0.161. The summed E-state index contributed by atoms with van der Waals surface area (Å²) in [5, 5.41) is 27.9. The van der Waals surface area contributed by atoms with Crippen LogP contribution in [0.4, 0.5) is 0 Å². The van der Waals surface area contributed by atoms with E-state index in [1.165, 1.54) is 0 Å². The molecule has 18 heavy (non-hydrogen) atoms. The SMILES string of the molecule is COC(=O)[C@@H](N)Cc1c(O)cc(C(=O)O)cc1O. The first kappa shape index (κ1) is 13.8. The monoisotopic (exact) mass is 255 g/mol. The Hall–Kier alpha value is -2.28. The fraction of sp³-hybridized carbons (Fsp3) is 0.273. The van der Waals surface area contributed by atoms with Crippen LogP contribution < -0.4 is 5.73 Å². The molecule has 0 aliphatic carbocycles. The van der Waals surface area contributed by atoms with E-state index in [4.69, 9.17) is 10.8 Å². The molecule has 7 nitrogen and oxygen atoms in total. The number of carbonyl (C=O) groups is 2. The second-order valence-electron chi connectivity index (χ2n) is 3.63. The van der Waals surface area contributed by atoms with Crippen molar-refractivity contribution in [1.29, 1.82) is 0 Å². The van der Waals surface area contributed by atoms with Gasteiger partial charge in [0.05, 0.1) is 12.7 Å². The minimum atomic E-state index is -1.29. The van der Waals surface area contributed by atoms with E-state index in [0.717, 1.165) is 19.2 Å². The Morgan fingerprint density at radius 3 is 2.22 bits per heavy atom. The highest BCUT2D eigenvalue weighted by molar-refractivity contribution is 5.89. The van der Waals surface area contributed by atoms with E-state index < -0.39 is 29.5 Å². The van der Waals surface area contributed by atoms with Gasteiger partial charge in [0.1, 0.15) is 17.5 Å². The number of nitrogens with two attached hydrogens (primary N) is 1. The summed E-state index contributed by atoms with van der Waals surface area (Å²) in [6, 6.07) is 0.894. The lowest BCUT2D eigenvalue weighted by Gasteiger charge is -2.12. The van der Waals surface area contributed by atoms with Gasteiger partial charge in [-0.05, 0) is 12.1 Å². The number of carboxylic acid groups (broad SMARTS) is 1. The van der Waals surface area contributed by atoms with Gasteiger partial charge in [-0.3, -0.25) is 4.79 Å². The molecule has 0 heterocycles. The second-order valence-corrected chi connectivity index (χ2v) is 3.63. The Kier molecular flexibility index (Phi) is 4.11. The van der Waals surface area contributed by atoms with Gasteiger partial charge < -0.3 is 25.8 Å². The van der Waals surface area contributed by atoms with Gasteiger partial charge in [-0.15, -0.1) is 0 Å². The lowest BCUT2D eigenvalue weighted by molar-refractivity contribution is -0.142. The van der Waals surface area contributed by atoms with Gasteiger partial charge in [-0.1, -0.05) is 0 Å². The summed E-state index contributed by atoms with van der Waals surface area (Å²) >= 11 is 0. The Labute approximate surface area is 102 Å². The minimum Gasteiger partial charge on any atom is -0.508 e. The first-order chi connectivity index (χ1) is 8.36. The van der Waals surface area contributed by atoms with Crippen LogP contribution in [0.25, 0.3) is 0 Å². The van der Waals surface area contributed by atoms with Gasteiger partial charge in [0, 0.05) is 12.0 Å². The molecular weight excluding hydrogens is 242 g/mol. The second kappa shape index (κ2) is 5.37. The number of carbonyl (C=O) groups excluding carboxylic acids is 1. The van der Waals surface area contributed by atoms with Crippen LogP contribution in [-0.4, -0.2) is 40.4 Å². The summed E-state index contributed by atoms with van der Waals surface area (Å²) in [5.74, 6) is -2.86. The maximum atomic E-state index is 11.1. The van der Waals surface area contributed by atoms with Gasteiger partial charge in [0.15, 0.2) is 0 Å². The topological polar surface area (TPSA) is 130 Å². The number of phenolic OH excluding ortho intramolecular Hbond substituents is 2. The van der Waals surface area contributed by atoms with Crippen molar-refractivity contribution in [3.8, 4) is 11.5 Å². The van der Waals surface area contributed by atoms with E-state index in [1.807, 2.05) is 0 Å². The lowest BCUT2D eigenvalue weighted by atomic mass is 10.0. The van der Waals surface area contributed by atoms with Gasteiger partial charge in [-0.25, -0.2) is 4.79 Å². The summed E-state index contributed by atoms with van der Waals surface area (Å²) in [6.07, 6.45) is -0.162. The van der Waals surface area contributed by atoms with Crippen molar-refractivity contribution in [2.45, 2.75) is 12.5 Å². The number of phenols is 2. The van der Waals surface area contributed by atoms with Gasteiger partial charge in [-0.2, -0.15) is 0 Å². The zero-order chi connectivity index (χ0) is 13.9. The number of carboxylic acids is 1.